The summed E-state index contributed by atoms with van der Waals surface area (Å²) in [5, 5.41) is 10.2. The second kappa shape index (κ2) is 4.46. The van der Waals surface area contributed by atoms with Crippen LogP contribution in [-0.2, 0) is 6.42 Å². The molecule has 0 aromatic carbocycles. The van der Waals surface area contributed by atoms with Gasteiger partial charge < -0.3 is 10.7 Å². The molecule has 0 saturated carbocycles. The molecule has 8 heteroatoms. The summed E-state index contributed by atoms with van der Waals surface area (Å²) in [6, 6.07) is 1.72. The molecule has 0 atom stereocenters. The zero-order valence-corrected chi connectivity index (χ0v) is 11.9. The van der Waals surface area contributed by atoms with Crippen LogP contribution in [0.5, 0.6) is 0 Å². The Hall–Kier alpha value is -1.68. The number of hydroxylamine groups is 2. The molecule has 98 valence electrons. The number of rotatable bonds is 1. The molecule has 0 unspecified atom stereocenters. The molecule has 0 spiro atoms. The van der Waals surface area contributed by atoms with E-state index in [1.165, 1.54) is 0 Å². The lowest BCUT2D eigenvalue weighted by Gasteiger charge is -2.20. The smallest absolute Gasteiger partial charge is 0.280 e. The number of amides is 1. The van der Waals surface area contributed by atoms with Crippen molar-refractivity contribution in [3.05, 3.63) is 27.1 Å². The summed E-state index contributed by atoms with van der Waals surface area (Å²) in [5.74, 6) is -0.217. The van der Waals surface area contributed by atoms with Gasteiger partial charge in [-0.25, -0.2) is 15.0 Å². The number of hydrogen-bond donors (Lipinski definition) is 3. The van der Waals surface area contributed by atoms with E-state index in [9.17, 15) is 10.0 Å². The van der Waals surface area contributed by atoms with Gasteiger partial charge in [0.15, 0.2) is 0 Å². The number of anilines is 1. The summed E-state index contributed by atoms with van der Waals surface area (Å²) in [6.45, 7) is 0.285. The predicted octanol–water partition coefficient (Wildman–Crippen LogP) is 1.05. The van der Waals surface area contributed by atoms with Gasteiger partial charge in [-0.15, -0.1) is 0 Å². The number of aromatic nitrogens is 3. The molecular weight excluding hydrogens is 361 g/mol. The number of nitrogens with zero attached hydrogens (tertiary/aromatic N) is 3. The second-order valence-corrected chi connectivity index (χ2v) is 5.22. The standard InChI is InChI=1S/C11H10IN5O2/c12-8-7-5(2-4-17(19)10(7)18)15-9(8)6-1-3-14-11(13)16-6/h1,3,15,19H,2,4H2,(H2,13,14,16). The maximum Gasteiger partial charge on any atom is 0.280 e. The summed E-state index contributed by atoms with van der Waals surface area (Å²) in [4.78, 5) is 23.1. The Morgan fingerprint density at radius 3 is 3.05 bits per heavy atom. The Kier molecular flexibility index (Phi) is 2.90. The Morgan fingerprint density at radius 2 is 2.32 bits per heavy atom. The molecule has 0 bridgehead atoms. The van der Waals surface area contributed by atoms with E-state index in [0.717, 1.165) is 20.0 Å². The number of halogens is 1. The van der Waals surface area contributed by atoms with Crippen molar-refractivity contribution in [2.24, 2.45) is 0 Å². The largest absolute Gasteiger partial charge is 0.368 e. The van der Waals surface area contributed by atoms with Crippen LogP contribution in [0.2, 0.25) is 0 Å². The number of carbonyl (C=O) groups excluding carboxylic acids is 1. The van der Waals surface area contributed by atoms with Crippen molar-refractivity contribution in [3.63, 3.8) is 0 Å². The minimum absolute atomic E-state index is 0.177. The maximum atomic E-state index is 11.9. The van der Waals surface area contributed by atoms with E-state index in [2.05, 4.69) is 37.5 Å². The molecule has 3 heterocycles. The summed E-state index contributed by atoms with van der Waals surface area (Å²) < 4.78 is 0.731. The Bertz CT molecular complexity index is 669. The van der Waals surface area contributed by atoms with Crippen LogP contribution < -0.4 is 5.73 Å². The number of aromatic amines is 1. The van der Waals surface area contributed by atoms with Crippen LogP contribution >= 0.6 is 22.6 Å². The molecule has 7 nitrogen and oxygen atoms in total. The van der Waals surface area contributed by atoms with Crippen LogP contribution in [0.3, 0.4) is 0 Å². The summed E-state index contributed by atoms with van der Waals surface area (Å²) >= 11 is 2.07. The highest BCUT2D eigenvalue weighted by molar-refractivity contribution is 14.1. The van der Waals surface area contributed by atoms with Crippen molar-refractivity contribution in [1.29, 1.82) is 0 Å². The number of H-pyrrole nitrogens is 1. The highest BCUT2D eigenvalue weighted by Crippen LogP contribution is 2.31. The predicted molar refractivity (Wildman–Crippen MR) is 75.5 cm³/mol. The van der Waals surface area contributed by atoms with E-state index in [0.29, 0.717) is 17.7 Å². The first-order valence-corrected chi connectivity index (χ1v) is 6.65. The lowest BCUT2D eigenvalue weighted by molar-refractivity contribution is -0.0604. The normalized spacial score (nSPS) is 14.6. The molecule has 0 aliphatic carbocycles. The Balaban J connectivity index is 2.15. The second-order valence-electron chi connectivity index (χ2n) is 4.15. The Morgan fingerprint density at radius 1 is 1.53 bits per heavy atom. The first-order chi connectivity index (χ1) is 9.08. The average Bonchev–Trinajstić information content (AvgIpc) is 2.72. The van der Waals surface area contributed by atoms with Crippen LogP contribution in [0.1, 0.15) is 16.1 Å². The highest BCUT2D eigenvalue weighted by Gasteiger charge is 2.30. The molecule has 2 aromatic heterocycles. The van der Waals surface area contributed by atoms with E-state index in [1.807, 2.05) is 0 Å². The summed E-state index contributed by atoms with van der Waals surface area (Å²) in [6.07, 6.45) is 2.14. The van der Waals surface area contributed by atoms with Crippen LogP contribution in [0.4, 0.5) is 5.95 Å². The fourth-order valence-electron chi connectivity index (χ4n) is 2.07. The molecule has 19 heavy (non-hydrogen) atoms. The fourth-order valence-corrected chi connectivity index (χ4v) is 3.04. The van der Waals surface area contributed by atoms with Gasteiger partial charge >= 0.3 is 0 Å². The monoisotopic (exact) mass is 371 g/mol. The number of nitrogens with two attached hydrogens (primary N) is 1. The van der Waals surface area contributed by atoms with Gasteiger partial charge in [-0.3, -0.25) is 10.0 Å². The molecular formula is C11H10IN5O2. The SMILES string of the molecule is Nc1nccc(-c2[nH]c3c(c2I)C(=O)N(O)CC3)n1. The number of nitrogen functional groups attached to an aromatic ring is 1. The van der Waals surface area contributed by atoms with Crippen molar-refractivity contribution in [3.8, 4) is 11.4 Å². The molecule has 3 rings (SSSR count). The van der Waals surface area contributed by atoms with Crippen molar-refractivity contribution >= 4 is 34.4 Å². The van der Waals surface area contributed by atoms with Gasteiger partial charge in [0.05, 0.1) is 27.1 Å². The number of nitrogens with one attached hydrogen (secondary N) is 1. The Labute approximate surface area is 121 Å². The van der Waals surface area contributed by atoms with Crippen molar-refractivity contribution in [2.45, 2.75) is 6.42 Å². The first kappa shape index (κ1) is 12.4. The van der Waals surface area contributed by atoms with E-state index in [-0.39, 0.29) is 12.5 Å². The first-order valence-electron chi connectivity index (χ1n) is 5.58. The molecule has 1 aliphatic heterocycles. The van der Waals surface area contributed by atoms with Crippen LogP contribution in [0.25, 0.3) is 11.4 Å². The summed E-state index contributed by atoms with van der Waals surface area (Å²) in [5.41, 5.74) is 8.23. The molecule has 1 aliphatic rings. The number of hydrogen-bond acceptors (Lipinski definition) is 5. The molecule has 2 aromatic rings. The third-order valence-corrected chi connectivity index (χ3v) is 4.05. The van der Waals surface area contributed by atoms with Crippen LogP contribution in [-0.4, -0.2) is 37.7 Å². The summed E-state index contributed by atoms with van der Waals surface area (Å²) in [7, 11) is 0. The van der Waals surface area contributed by atoms with Gasteiger partial charge in [-0.2, -0.15) is 0 Å². The molecule has 0 radical (unpaired) electrons. The van der Waals surface area contributed by atoms with Crippen LogP contribution in [0.15, 0.2) is 12.3 Å². The van der Waals surface area contributed by atoms with Crippen molar-refractivity contribution in [2.75, 3.05) is 12.3 Å². The molecule has 0 fully saturated rings. The molecule has 4 N–H and O–H groups in total. The molecule has 0 saturated heterocycles. The highest BCUT2D eigenvalue weighted by atomic mass is 127. The van der Waals surface area contributed by atoms with Gasteiger partial charge in [0, 0.05) is 18.3 Å². The van der Waals surface area contributed by atoms with Crippen molar-refractivity contribution < 1.29 is 10.0 Å². The van der Waals surface area contributed by atoms with Crippen LogP contribution in [0, 0.1) is 3.57 Å². The fraction of sp³-hybridized carbons (Fsp3) is 0.182. The van der Waals surface area contributed by atoms with Gasteiger partial charge in [-0.1, -0.05) is 0 Å². The average molecular weight is 371 g/mol. The van der Waals surface area contributed by atoms with Gasteiger partial charge in [-0.05, 0) is 28.7 Å². The van der Waals surface area contributed by atoms with Gasteiger partial charge in [0.25, 0.3) is 5.91 Å². The minimum Gasteiger partial charge on any atom is -0.368 e. The lowest BCUT2D eigenvalue weighted by Crippen LogP contribution is -2.34. The third kappa shape index (κ3) is 1.96. The van der Waals surface area contributed by atoms with E-state index >= 15 is 0 Å². The van der Waals surface area contributed by atoms with E-state index < -0.39 is 5.91 Å². The lowest BCUT2D eigenvalue weighted by atomic mass is 10.1. The van der Waals surface area contributed by atoms with Crippen molar-refractivity contribution in [1.82, 2.24) is 20.0 Å². The third-order valence-electron chi connectivity index (χ3n) is 2.97. The minimum atomic E-state index is -0.393. The maximum absolute atomic E-state index is 11.9. The topological polar surface area (TPSA) is 108 Å². The molecule has 1 amide bonds. The van der Waals surface area contributed by atoms with Gasteiger partial charge in [0.2, 0.25) is 5.95 Å². The zero-order valence-electron chi connectivity index (χ0n) is 9.72. The quantitative estimate of drug-likeness (QED) is 0.513. The number of carbonyl (C=O) groups is 1. The van der Waals surface area contributed by atoms with E-state index in [4.69, 9.17) is 5.73 Å². The zero-order chi connectivity index (χ0) is 13.6. The number of fused-ring (bicyclic) bond motifs is 1. The van der Waals surface area contributed by atoms with E-state index in [1.54, 1.807) is 12.3 Å². The van der Waals surface area contributed by atoms with Gasteiger partial charge in [0.1, 0.15) is 0 Å².